The lowest BCUT2D eigenvalue weighted by Crippen LogP contribution is -2.34. The fourth-order valence-corrected chi connectivity index (χ4v) is 1.78. The Morgan fingerprint density at radius 2 is 2.19 bits per heavy atom. The summed E-state index contributed by atoms with van der Waals surface area (Å²) in [5, 5.41) is 21.5. The first-order valence-electron chi connectivity index (χ1n) is 5.45. The fourth-order valence-electron chi connectivity index (χ4n) is 1.78. The number of nitrogens with one attached hydrogen (secondary N) is 1. The third kappa shape index (κ3) is 2.33. The predicted molar refractivity (Wildman–Crippen MR) is 59.5 cm³/mol. The molecule has 2 rings (SSSR count). The highest BCUT2D eigenvalue weighted by Gasteiger charge is 2.18. The quantitative estimate of drug-likeness (QED) is 0.724. The molecule has 1 aromatic carbocycles. The molecule has 0 aromatic heterocycles. The van der Waals surface area contributed by atoms with Crippen LogP contribution in [0.2, 0.25) is 0 Å². The molecule has 1 aliphatic carbocycles. The summed E-state index contributed by atoms with van der Waals surface area (Å²) in [4.78, 5) is 11.0. The number of carbonyl (C=O) groups is 1. The van der Waals surface area contributed by atoms with Crippen LogP contribution in [0.3, 0.4) is 0 Å². The van der Waals surface area contributed by atoms with Gasteiger partial charge >= 0.3 is 5.97 Å². The zero-order valence-corrected chi connectivity index (χ0v) is 8.94. The average molecular weight is 221 g/mol. The summed E-state index contributed by atoms with van der Waals surface area (Å²) in [5.74, 6) is -1.01. The zero-order valence-electron chi connectivity index (χ0n) is 8.94. The summed E-state index contributed by atoms with van der Waals surface area (Å²) in [6.45, 7) is 0.548. The maximum atomic E-state index is 11.0. The van der Waals surface area contributed by atoms with E-state index in [1.807, 2.05) is 0 Å². The highest BCUT2D eigenvalue weighted by atomic mass is 16.4. The summed E-state index contributed by atoms with van der Waals surface area (Å²) < 4.78 is 0. The van der Waals surface area contributed by atoms with E-state index in [0.717, 1.165) is 5.56 Å². The summed E-state index contributed by atoms with van der Waals surface area (Å²) in [5.41, 5.74) is 0.893. The van der Waals surface area contributed by atoms with Crippen LogP contribution in [0.25, 0.3) is 0 Å². The minimum Gasteiger partial charge on any atom is -0.508 e. The van der Waals surface area contributed by atoms with Crippen LogP contribution >= 0.6 is 0 Å². The van der Waals surface area contributed by atoms with Gasteiger partial charge in [-0.15, -0.1) is 0 Å². The standard InChI is InChI=1S/C12H15NO3/c14-10-5-4-8(11(6-10)12(15)16)7-13-9-2-1-3-9/h4-6,9,13-14H,1-3,7H2,(H,15,16). The van der Waals surface area contributed by atoms with Gasteiger partial charge in [-0.1, -0.05) is 12.5 Å². The molecule has 3 N–H and O–H groups in total. The van der Waals surface area contributed by atoms with Crippen molar-refractivity contribution in [3.05, 3.63) is 29.3 Å². The minimum atomic E-state index is -0.999. The van der Waals surface area contributed by atoms with Gasteiger partial charge in [0.15, 0.2) is 0 Å². The van der Waals surface area contributed by atoms with Gasteiger partial charge in [-0.05, 0) is 30.5 Å². The first-order valence-corrected chi connectivity index (χ1v) is 5.45. The molecule has 16 heavy (non-hydrogen) atoms. The third-order valence-corrected chi connectivity index (χ3v) is 3.01. The third-order valence-electron chi connectivity index (χ3n) is 3.01. The van der Waals surface area contributed by atoms with Gasteiger partial charge in [-0.25, -0.2) is 4.79 Å². The lowest BCUT2D eigenvalue weighted by atomic mass is 9.93. The van der Waals surface area contributed by atoms with Gasteiger partial charge in [0.1, 0.15) is 5.75 Å². The molecule has 0 radical (unpaired) electrons. The number of rotatable bonds is 4. The Morgan fingerprint density at radius 1 is 1.44 bits per heavy atom. The van der Waals surface area contributed by atoms with Gasteiger partial charge < -0.3 is 15.5 Å². The molecule has 0 bridgehead atoms. The highest BCUT2D eigenvalue weighted by Crippen LogP contribution is 2.20. The summed E-state index contributed by atoms with van der Waals surface area (Å²) >= 11 is 0. The maximum absolute atomic E-state index is 11.0. The number of phenolic OH excluding ortho intramolecular Hbond substituents is 1. The number of phenols is 1. The molecule has 1 aromatic rings. The van der Waals surface area contributed by atoms with Crippen molar-refractivity contribution in [1.82, 2.24) is 5.32 Å². The maximum Gasteiger partial charge on any atom is 0.336 e. The van der Waals surface area contributed by atoms with Gasteiger partial charge in [0.05, 0.1) is 5.56 Å². The summed E-state index contributed by atoms with van der Waals surface area (Å²) in [6.07, 6.45) is 3.58. The molecular formula is C12H15NO3. The Kier molecular flexibility index (Phi) is 3.10. The number of hydrogen-bond donors (Lipinski definition) is 3. The van der Waals surface area contributed by atoms with Crippen molar-refractivity contribution < 1.29 is 15.0 Å². The van der Waals surface area contributed by atoms with E-state index in [1.165, 1.54) is 31.4 Å². The molecule has 1 fully saturated rings. The van der Waals surface area contributed by atoms with Crippen molar-refractivity contribution in [2.24, 2.45) is 0 Å². The van der Waals surface area contributed by atoms with E-state index in [4.69, 9.17) is 5.11 Å². The average Bonchev–Trinajstić information content (AvgIpc) is 2.17. The number of carboxylic acid groups (broad SMARTS) is 1. The molecule has 0 spiro atoms. The molecule has 0 heterocycles. The Labute approximate surface area is 93.9 Å². The fraction of sp³-hybridized carbons (Fsp3) is 0.417. The smallest absolute Gasteiger partial charge is 0.336 e. The first kappa shape index (κ1) is 11.0. The Balaban J connectivity index is 2.08. The van der Waals surface area contributed by atoms with Crippen molar-refractivity contribution in [3.63, 3.8) is 0 Å². The topological polar surface area (TPSA) is 69.6 Å². The normalized spacial score (nSPS) is 15.8. The molecule has 0 amide bonds. The van der Waals surface area contributed by atoms with Crippen molar-refractivity contribution in [3.8, 4) is 5.75 Å². The van der Waals surface area contributed by atoms with Crippen molar-refractivity contribution in [2.75, 3.05) is 0 Å². The number of benzene rings is 1. The van der Waals surface area contributed by atoms with Gasteiger partial charge in [-0.3, -0.25) is 0 Å². The minimum absolute atomic E-state index is 0.00945. The number of hydrogen-bond acceptors (Lipinski definition) is 3. The highest BCUT2D eigenvalue weighted by molar-refractivity contribution is 5.89. The van der Waals surface area contributed by atoms with Crippen LogP contribution in [0.1, 0.15) is 35.2 Å². The lowest BCUT2D eigenvalue weighted by Gasteiger charge is -2.26. The molecule has 0 saturated heterocycles. The number of aromatic hydroxyl groups is 1. The van der Waals surface area contributed by atoms with Crippen LogP contribution in [-0.4, -0.2) is 22.2 Å². The Hall–Kier alpha value is -1.55. The summed E-state index contributed by atoms with van der Waals surface area (Å²) in [7, 11) is 0. The van der Waals surface area contributed by atoms with Crippen LogP contribution in [0.5, 0.6) is 5.75 Å². The van der Waals surface area contributed by atoms with E-state index < -0.39 is 5.97 Å². The Morgan fingerprint density at radius 3 is 2.75 bits per heavy atom. The molecule has 86 valence electrons. The molecule has 4 heteroatoms. The van der Waals surface area contributed by atoms with Crippen LogP contribution in [0.4, 0.5) is 0 Å². The van der Waals surface area contributed by atoms with E-state index >= 15 is 0 Å². The Bertz CT molecular complexity index is 399. The number of aromatic carboxylic acids is 1. The lowest BCUT2D eigenvalue weighted by molar-refractivity contribution is 0.0695. The van der Waals surface area contributed by atoms with Crippen molar-refractivity contribution in [2.45, 2.75) is 31.8 Å². The molecule has 4 nitrogen and oxygen atoms in total. The second-order valence-corrected chi connectivity index (χ2v) is 4.16. The van der Waals surface area contributed by atoms with E-state index in [1.54, 1.807) is 6.07 Å². The number of carboxylic acids is 1. The first-order chi connectivity index (χ1) is 7.66. The van der Waals surface area contributed by atoms with E-state index in [2.05, 4.69) is 5.32 Å². The zero-order chi connectivity index (χ0) is 11.5. The SMILES string of the molecule is O=C(O)c1cc(O)ccc1CNC1CCC1. The van der Waals surface area contributed by atoms with Crippen LogP contribution in [0, 0.1) is 0 Å². The molecular weight excluding hydrogens is 206 g/mol. The predicted octanol–water partition coefficient (Wildman–Crippen LogP) is 1.73. The molecule has 0 atom stereocenters. The van der Waals surface area contributed by atoms with Gasteiger partial charge in [0, 0.05) is 12.6 Å². The van der Waals surface area contributed by atoms with E-state index in [9.17, 15) is 9.90 Å². The van der Waals surface area contributed by atoms with Crippen molar-refractivity contribution >= 4 is 5.97 Å². The van der Waals surface area contributed by atoms with Crippen LogP contribution in [0.15, 0.2) is 18.2 Å². The van der Waals surface area contributed by atoms with Crippen molar-refractivity contribution in [1.29, 1.82) is 0 Å². The monoisotopic (exact) mass is 221 g/mol. The van der Waals surface area contributed by atoms with E-state index in [0.29, 0.717) is 12.6 Å². The summed E-state index contributed by atoms with van der Waals surface area (Å²) in [6, 6.07) is 4.99. The second-order valence-electron chi connectivity index (χ2n) is 4.16. The molecule has 0 unspecified atom stereocenters. The molecule has 1 aliphatic rings. The van der Waals surface area contributed by atoms with Gasteiger partial charge in [0.25, 0.3) is 0 Å². The molecule has 1 saturated carbocycles. The van der Waals surface area contributed by atoms with E-state index in [-0.39, 0.29) is 11.3 Å². The molecule has 0 aliphatic heterocycles. The van der Waals surface area contributed by atoms with Crippen LogP contribution in [-0.2, 0) is 6.54 Å². The largest absolute Gasteiger partial charge is 0.508 e. The van der Waals surface area contributed by atoms with Gasteiger partial charge in [-0.2, -0.15) is 0 Å². The van der Waals surface area contributed by atoms with Gasteiger partial charge in [0.2, 0.25) is 0 Å². The van der Waals surface area contributed by atoms with Crippen LogP contribution < -0.4 is 5.32 Å². The second kappa shape index (κ2) is 4.53.